The summed E-state index contributed by atoms with van der Waals surface area (Å²) in [7, 11) is 0. The van der Waals surface area contributed by atoms with Gasteiger partial charge in [-0.25, -0.2) is 9.13 Å². The minimum atomic E-state index is 0.122. The minimum Gasteiger partial charge on any atom is -0.493 e. The molecule has 5 rings (SSSR count). The van der Waals surface area contributed by atoms with E-state index in [4.69, 9.17) is 4.74 Å². The molecule has 0 unspecified atom stereocenters. The lowest BCUT2D eigenvalue weighted by molar-refractivity contribution is -0.669. The first-order chi connectivity index (χ1) is 14.2. The Hall–Kier alpha value is -3.40. The van der Waals surface area contributed by atoms with E-state index in [1.807, 2.05) is 36.4 Å². The van der Waals surface area contributed by atoms with Crippen LogP contribution in [0.1, 0.15) is 27.3 Å². The molecule has 0 spiro atoms. The molecular weight excluding hydrogens is 360 g/mol. The molecule has 0 bridgehead atoms. The highest BCUT2D eigenvalue weighted by molar-refractivity contribution is 5.96. The molecule has 4 heteroatoms. The van der Waals surface area contributed by atoms with Crippen LogP contribution in [0.5, 0.6) is 5.75 Å². The Balaban J connectivity index is 1.53. The number of carbonyl (C=O) groups is 1. The molecule has 0 saturated heterocycles. The standard InChI is InChI=1S/C25H23N2O2/c1-18-26(16-19-11-12-25-21(15-19)13-14-29-25)22-9-5-6-10-23(22)27(18)17-24(28)20-7-3-2-4-8-20/h2-12,15H,13-14,16-17H2,1H3/q+1. The lowest BCUT2D eigenvalue weighted by Gasteiger charge is -2.05. The second-order valence-electron chi connectivity index (χ2n) is 7.54. The number of benzene rings is 3. The van der Waals surface area contributed by atoms with Crippen LogP contribution in [0, 0.1) is 6.92 Å². The molecule has 1 aromatic heterocycles. The normalized spacial score (nSPS) is 12.7. The van der Waals surface area contributed by atoms with Crippen LogP contribution >= 0.6 is 0 Å². The number of para-hydroxylation sites is 2. The van der Waals surface area contributed by atoms with E-state index in [1.54, 1.807) is 0 Å². The third-order valence-electron chi connectivity index (χ3n) is 5.74. The van der Waals surface area contributed by atoms with Crippen LogP contribution < -0.4 is 9.30 Å². The van der Waals surface area contributed by atoms with Crippen LogP contribution in [0.15, 0.2) is 72.8 Å². The van der Waals surface area contributed by atoms with Crippen molar-refractivity contribution in [1.29, 1.82) is 0 Å². The quantitative estimate of drug-likeness (QED) is 0.384. The van der Waals surface area contributed by atoms with Gasteiger partial charge in [-0.05, 0) is 35.4 Å². The van der Waals surface area contributed by atoms with Gasteiger partial charge >= 0.3 is 0 Å². The van der Waals surface area contributed by atoms with E-state index in [-0.39, 0.29) is 5.78 Å². The van der Waals surface area contributed by atoms with Crippen molar-refractivity contribution < 1.29 is 14.1 Å². The number of ether oxygens (including phenoxy) is 1. The Labute approximate surface area is 170 Å². The molecule has 4 aromatic rings. The summed E-state index contributed by atoms with van der Waals surface area (Å²) in [5, 5.41) is 0. The fourth-order valence-corrected chi connectivity index (χ4v) is 4.19. The van der Waals surface area contributed by atoms with Gasteiger partial charge in [-0.2, -0.15) is 0 Å². The SMILES string of the molecule is Cc1n(CC(=O)c2ccccc2)c2ccccc2[n+]1Cc1ccc2c(c1)CCO2. The van der Waals surface area contributed by atoms with Crippen molar-refractivity contribution in [1.82, 2.24) is 4.57 Å². The Morgan fingerprint density at radius 2 is 1.83 bits per heavy atom. The van der Waals surface area contributed by atoms with E-state index in [2.05, 4.69) is 52.5 Å². The van der Waals surface area contributed by atoms with E-state index < -0.39 is 0 Å². The first-order valence-electron chi connectivity index (χ1n) is 10.0. The number of nitrogens with zero attached hydrogens (tertiary/aromatic N) is 2. The number of aromatic nitrogens is 2. The molecule has 1 aliphatic rings. The van der Waals surface area contributed by atoms with Gasteiger partial charge in [0, 0.05) is 18.9 Å². The van der Waals surface area contributed by atoms with Crippen LogP contribution in [0.25, 0.3) is 11.0 Å². The van der Waals surface area contributed by atoms with Crippen LogP contribution in [0.4, 0.5) is 0 Å². The largest absolute Gasteiger partial charge is 0.493 e. The van der Waals surface area contributed by atoms with E-state index in [0.717, 1.165) is 47.7 Å². The molecule has 144 valence electrons. The van der Waals surface area contributed by atoms with Crippen LogP contribution in [-0.2, 0) is 19.5 Å². The molecule has 3 aromatic carbocycles. The van der Waals surface area contributed by atoms with Crippen molar-refractivity contribution in [2.24, 2.45) is 0 Å². The summed E-state index contributed by atoms with van der Waals surface area (Å²) in [6, 6.07) is 24.3. The number of fused-ring (bicyclic) bond motifs is 2. The second-order valence-corrected chi connectivity index (χ2v) is 7.54. The third kappa shape index (κ3) is 3.21. The van der Waals surface area contributed by atoms with E-state index in [9.17, 15) is 4.79 Å². The molecule has 0 atom stereocenters. The van der Waals surface area contributed by atoms with E-state index in [0.29, 0.717) is 6.54 Å². The molecule has 1 aliphatic heterocycles. The maximum absolute atomic E-state index is 12.9. The molecule has 4 nitrogen and oxygen atoms in total. The Morgan fingerprint density at radius 1 is 1.03 bits per heavy atom. The first-order valence-corrected chi connectivity index (χ1v) is 10.0. The van der Waals surface area contributed by atoms with Gasteiger partial charge in [0.2, 0.25) is 5.78 Å². The predicted molar refractivity (Wildman–Crippen MR) is 112 cm³/mol. The van der Waals surface area contributed by atoms with Crippen molar-refractivity contribution >= 4 is 16.8 Å². The molecule has 2 heterocycles. The fourth-order valence-electron chi connectivity index (χ4n) is 4.19. The van der Waals surface area contributed by atoms with Gasteiger partial charge in [0.15, 0.2) is 17.6 Å². The van der Waals surface area contributed by atoms with Gasteiger partial charge in [0.05, 0.1) is 6.61 Å². The Kier molecular flexibility index (Phi) is 4.39. The second kappa shape index (κ2) is 7.21. The van der Waals surface area contributed by atoms with Crippen molar-refractivity contribution in [2.75, 3.05) is 6.61 Å². The van der Waals surface area contributed by atoms with Crippen LogP contribution in [-0.4, -0.2) is 17.0 Å². The lowest BCUT2D eigenvalue weighted by atomic mass is 10.1. The van der Waals surface area contributed by atoms with E-state index in [1.165, 1.54) is 11.1 Å². The molecule has 0 N–H and O–H groups in total. The summed E-state index contributed by atoms with van der Waals surface area (Å²) >= 11 is 0. The summed E-state index contributed by atoms with van der Waals surface area (Å²) < 4.78 is 10.1. The molecular formula is C25H23N2O2+. The van der Waals surface area contributed by atoms with Crippen molar-refractivity contribution in [3.05, 3.63) is 95.3 Å². The maximum atomic E-state index is 12.9. The highest BCUT2D eigenvalue weighted by atomic mass is 16.5. The fraction of sp³-hybridized carbons (Fsp3) is 0.200. The summed E-state index contributed by atoms with van der Waals surface area (Å²) in [6.07, 6.45) is 0.972. The average Bonchev–Trinajstić information content (AvgIpc) is 3.33. The predicted octanol–water partition coefficient (Wildman–Crippen LogP) is 4.10. The molecule has 0 amide bonds. The molecule has 0 fully saturated rings. The molecule has 29 heavy (non-hydrogen) atoms. The summed E-state index contributed by atoms with van der Waals surface area (Å²) in [4.78, 5) is 12.9. The average molecular weight is 383 g/mol. The number of ketones is 1. The summed E-state index contributed by atoms with van der Waals surface area (Å²) in [5.41, 5.74) is 5.50. The highest BCUT2D eigenvalue weighted by Gasteiger charge is 2.24. The lowest BCUT2D eigenvalue weighted by Crippen LogP contribution is -2.37. The number of carbonyl (C=O) groups excluding carboxylic acids is 1. The molecule has 0 radical (unpaired) electrons. The van der Waals surface area contributed by atoms with Gasteiger partial charge in [-0.1, -0.05) is 48.5 Å². The zero-order valence-corrected chi connectivity index (χ0v) is 16.5. The van der Waals surface area contributed by atoms with Crippen molar-refractivity contribution in [3.63, 3.8) is 0 Å². The number of Topliss-reactive ketones (excluding diaryl/α,β-unsaturated/α-hetero) is 1. The minimum absolute atomic E-state index is 0.122. The van der Waals surface area contributed by atoms with Gasteiger partial charge in [0.25, 0.3) is 5.82 Å². The molecule has 0 aliphatic carbocycles. The van der Waals surface area contributed by atoms with E-state index >= 15 is 0 Å². The number of hydrogen-bond acceptors (Lipinski definition) is 2. The van der Waals surface area contributed by atoms with Crippen molar-refractivity contribution in [3.8, 4) is 5.75 Å². The highest BCUT2D eigenvalue weighted by Crippen LogP contribution is 2.26. The number of rotatable bonds is 5. The summed E-state index contributed by atoms with van der Waals surface area (Å²) in [5.74, 6) is 2.20. The third-order valence-corrected chi connectivity index (χ3v) is 5.74. The van der Waals surface area contributed by atoms with Crippen LogP contribution in [0.2, 0.25) is 0 Å². The maximum Gasteiger partial charge on any atom is 0.254 e. The monoisotopic (exact) mass is 383 g/mol. The number of hydrogen-bond donors (Lipinski definition) is 0. The van der Waals surface area contributed by atoms with Gasteiger partial charge in [-0.15, -0.1) is 0 Å². The molecule has 0 saturated carbocycles. The van der Waals surface area contributed by atoms with Gasteiger partial charge in [-0.3, -0.25) is 4.79 Å². The Bertz CT molecular complexity index is 1210. The summed E-state index contributed by atoms with van der Waals surface area (Å²) in [6.45, 7) is 3.97. The smallest absolute Gasteiger partial charge is 0.254 e. The van der Waals surface area contributed by atoms with Gasteiger partial charge < -0.3 is 4.74 Å². The topological polar surface area (TPSA) is 35.1 Å². The van der Waals surface area contributed by atoms with Crippen LogP contribution in [0.3, 0.4) is 0 Å². The zero-order chi connectivity index (χ0) is 19.8. The van der Waals surface area contributed by atoms with Gasteiger partial charge in [0.1, 0.15) is 12.3 Å². The zero-order valence-electron chi connectivity index (χ0n) is 16.5. The number of imidazole rings is 1. The first kappa shape index (κ1) is 17.7. The Morgan fingerprint density at radius 3 is 2.69 bits per heavy atom. The van der Waals surface area contributed by atoms with Crippen molar-refractivity contribution in [2.45, 2.75) is 26.4 Å².